The van der Waals surface area contributed by atoms with Crippen LogP contribution in [0.3, 0.4) is 0 Å². The maximum absolute atomic E-state index is 9.67. The van der Waals surface area contributed by atoms with Crippen molar-refractivity contribution in [1.29, 1.82) is 10.5 Å². The first kappa shape index (κ1) is 18.9. The standard InChI is InChI=1S/C22H16N4O4/c1-27-16-7-3-5-12-9-13(10-23)22(30-19(12)16)26-18-14-6-4-8-17(28-2)20(14)29-21(25)15(18)11-24/h3-9,18H,25H2,1-2H3. The number of fused-ring (bicyclic) bond motifs is 2. The third-order valence-electron chi connectivity index (χ3n) is 4.72. The summed E-state index contributed by atoms with van der Waals surface area (Å²) in [6, 6.07) is 15.5. The molecule has 1 unspecified atom stereocenters. The predicted octanol–water partition coefficient (Wildman–Crippen LogP) is 3.05. The summed E-state index contributed by atoms with van der Waals surface area (Å²) in [4.78, 5) is 4.59. The Labute approximate surface area is 171 Å². The molecule has 2 heterocycles. The van der Waals surface area contributed by atoms with Gasteiger partial charge in [-0.15, -0.1) is 0 Å². The van der Waals surface area contributed by atoms with Gasteiger partial charge in [0.25, 0.3) is 0 Å². The Hall–Kier alpha value is -4.43. The molecular weight excluding hydrogens is 384 g/mol. The van der Waals surface area contributed by atoms with E-state index in [-0.39, 0.29) is 22.6 Å². The maximum Gasteiger partial charge on any atom is 0.233 e. The molecule has 0 saturated carbocycles. The Bertz CT molecular complexity index is 1340. The number of nitrogens with two attached hydrogens (primary N) is 1. The Morgan fingerprint density at radius 1 is 1.03 bits per heavy atom. The maximum atomic E-state index is 9.67. The molecule has 30 heavy (non-hydrogen) atoms. The number of methoxy groups -OCH3 is 2. The van der Waals surface area contributed by atoms with Crippen LogP contribution in [-0.2, 0) is 0 Å². The van der Waals surface area contributed by atoms with Gasteiger partial charge < -0.3 is 24.4 Å². The van der Waals surface area contributed by atoms with Crippen molar-refractivity contribution in [2.45, 2.75) is 6.04 Å². The van der Waals surface area contributed by atoms with E-state index in [1.165, 1.54) is 14.2 Å². The van der Waals surface area contributed by atoms with Crippen LogP contribution in [0.4, 0.5) is 0 Å². The van der Waals surface area contributed by atoms with Crippen LogP contribution in [0.15, 0.2) is 63.3 Å². The molecule has 4 rings (SSSR count). The van der Waals surface area contributed by atoms with Crippen LogP contribution in [0.5, 0.6) is 17.2 Å². The molecule has 8 nitrogen and oxygen atoms in total. The van der Waals surface area contributed by atoms with Gasteiger partial charge in [0, 0.05) is 10.9 Å². The molecule has 0 bridgehead atoms. The fourth-order valence-corrected chi connectivity index (χ4v) is 3.30. The lowest BCUT2D eigenvalue weighted by Gasteiger charge is -2.24. The Morgan fingerprint density at radius 2 is 1.77 bits per heavy atom. The van der Waals surface area contributed by atoms with Gasteiger partial charge in [0.1, 0.15) is 29.3 Å². The van der Waals surface area contributed by atoms with Crippen molar-refractivity contribution < 1.29 is 18.6 Å². The molecule has 8 heteroatoms. The van der Waals surface area contributed by atoms with Gasteiger partial charge >= 0.3 is 0 Å². The second-order valence-electron chi connectivity index (χ2n) is 6.36. The largest absolute Gasteiger partial charge is 0.493 e. The van der Waals surface area contributed by atoms with Crippen molar-refractivity contribution in [2.24, 2.45) is 10.7 Å². The molecule has 0 aliphatic carbocycles. The highest BCUT2D eigenvalue weighted by Gasteiger charge is 2.31. The zero-order valence-corrected chi connectivity index (χ0v) is 16.2. The summed E-state index contributed by atoms with van der Waals surface area (Å²) in [7, 11) is 3.03. The first-order valence-electron chi connectivity index (χ1n) is 8.90. The lowest BCUT2D eigenvalue weighted by Crippen LogP contribution is -2.22. The molecule has 1 aromatic heterocycles. The van der Waals surface area contributed by atoms with Gasteiger partial charge in [-0.2, -0.15) is 10.5 Å². The second-order valence-corrected chi connectivity index (χ2v) is 6.36. The van der Waals surface area contributed by atoms with Crippen molar-refractivity contribution in [1.82, 2.24) is 0 Å². The highest BCUT2D eigenvalue weighted by molar-refractivity contribution is 5.83. The number of hydrogen-bond donors (Lipinski definition) is 1. The van der Waals surface area contributed by atoms with E-state index in [2.05, 4.69) is 11.1 Å². The molecule has 1 aliphatic heterocycles. The number of nitriles is 2. The Balaban J connectivity index is 2.02. The van der Waals surface area contributed by atoms with Crippen LogP contribution in [0.2, 0.25) is 0 Å². The minimum Gasteiger partial charge on any atom is -0.493 e. The molecule has 2 aromatic carbocycles. The molecule has 0 spiro atoms. The number of benzene rings is 2. The van der Waals surface area contributed by atoms with Gasteiger partial charge in [-0.3, -0.25) is 0 Å². The zero-order chi connectivity index (χ0) is 21.3. The van der Waals surface area contributed by atoms with Crippen LogP contribution in [0.25, 0.3) is 11.0 Å². The quantitative estimate of drug-likeness (QED) is 0.716. The van der Waals surface area contributed by atoms with E-state index in [0.29, 0.717) is 33.8 Å². The van der Waals surface area contributed by atoms with Crippen LogP contribution in [0.1, 0.15) is 17.2 Å². The third kappa shape index (κ3) is 2.97. The molecule has 1 aliphatic rings. The first-order valence-corrected chi connectivity index (χ1v) is 8.90. The van der Waals surface area contributed by atoms with Crippen molar-refractivity contribution in [2.75, 3.05) is 14.2 Å². The molecule has 2 N–H and O–H groups in total. The number of nitrogens with zero attached hydrogens (tertiary/aromatic N) is 3. The Morgan fingerprint density at radius 3 is 2.47 bits per heavy atom. The van der Waals surface area contributed by atoms with Gasteiger partial charge in [-0.05, 0) is 18.2 Å². The van der Waals surface area contributed by atoms with Crippen molar-refractivity contribution >= 4 is 11.0 Å². The van der Waals surface area contributed by atoms with Crippen molar-refractivity contribution in [3.05, 3.63) is 70.6 Å². The minimum absolute atomic E-state index is 0.0516. The van der Waals surface area contributed by atoms with E-state index in [9.17, 15) is 10.5 Å². The van der Waals surface area contributed by atoms with E-state index in [1.54, 1.807) is 42.5 Å². The summed E-state index contributed by atoms with van der Waals surface area (Å²) in [6.07, 6.45) is 0. The molecule has 0 radical (unpaired) electrons. The van der Waals surface area contributed by atoms with E-state index in [1.807, 2.05) is 6.07 Å². The van der Waals surface area contributed by atoms with Crippen LogP contribution in [0, 0.1) is 22.7 Å². The average molecular weight is 400 g/mol. The smallest absolute Gasteiger partial charge is 0.233 e. The van der Waals surface area contributed by atoms with Gasteiger partial charge in [0.2, 0.25) is 11.4 Å². The van der Waals surface area contributed by atoms with Crippen molar-refractivity contribution in [3.63, 3.8) is 0 Å². The van der Waals surface area contributed by atoms with Crippen LogP contribution in [-0.4, -0.2) is 14.2 Å². The molecule has 0 amide bonds. The highest BCUT2D eigenvalue weighted by Crippen LogP contribution is 2.43. The summed E-state index contributed by atoms with van der Waals surface area (Å²) in [5.41, 5.74) is 7.36. The number of rotatable bonds is 3. The summed E-state index contributed by atoms with van der Waals surface area (Å²) in [5, 5.41) is 20.0. The lowest BCUT2D eigenvalue weighted by molar-refractivity contribution is 0.340. The minimum atomic E-state index is -0.836. The molecule has 3 aromatic rings. The summed E-state index contributed by atoms with van der Waals surface area (Å²) >= 11 is 0. The molecule has 148 valence electrons. The predicted molar refractivity (Wildman–Crippen MR) is 106 cm³/mol. The number of ether oxygens (including phenoxy) is 3. The number of hydrogen-bond acceptors (Lipinski definition) is 8. The van der Waals surface area contributed by atoms with E-state index in [4.69, 9.17) is 24.4 Å². The normalized spacial score (nSPS) is 15.7. The number of para-hydroxylation sites is 2. The summed E-state index contributed by atoms with van der Waals surface area (Å²) < 4.78 is 22.3. The zero-order valence-electron chi connectivity index (χ0n) is 16.2. The summed E-state index contributed by atoms with van der Waals surface area (Å²) in [5.74, 6) is 1.23. The lowest BCUT2D eigenvalue weighted by atomic mass is 9.96. The second kappa shape index (κ2) is 7.53. The van der Waals surface area contributed by atoms with Gasteiger partial charge in [0.15, 0.2) is 22.8 Å². The molecule has 0 saturated heterocycles. The van der Waals surface area contributed by atoms with E-state index >= 15 is 0 Å². The fourth-order valence-electron chi connectivity index (χ4n) is 3.30. The average Bonchev–Trinajstić information content (AvgIpc) is 2.77. The van der Waals surface area contributed by atoms with Gasteiger partial charge in [-0.1, -0.05) is 24.3 Å². The van der Waals surface area contributed by atoms with Crippen LogP contribution < -0.4 is 25.5 Å². The molecule has 0 fully saturated rings. The third-order valence-corrected chi connectivity index (χ3v) is 4.72. The highest BCUT2D eigenvalue weighted by atomic mass is 16.5. The summed E-state index contributed by atoms with van der Waals surface area (Å²) in [6.45, 7) is 0. The first-order chi connectivity index (χ1) is 14.6. The SMILES string of the molecule is COc1cccc2c1OC(N)=C(C#N)C2N=c1oc2c(OC)cccc2cc1C#N. The van der Waals surface area contributed by atoms with Gasteiger partial charge in [0.05, 0.1) is 14.2 Å². The fraction of sp³-hybridized carbons (Fsp3) is 0.136. The molecular formula is C22H16N4O4. The molecule has 1 atom stereocenters. The van der Waals surface area contributed by atoms with E-state index < -0.39 is 6.04 Å². The monoisotopic (exact) mass is 400 g/mol. The van der Waals surface area contributed by atoms with Crippen molar-refractivity contribution in [3.8, 4) is 29.4 Å². The van der Waals surface area contributed by atoms with Crippen LogP contribution >= 0.6 is 0 Å². The van der Waals surface area contributed by atoms with E-state index in [0.717, 1.165) is 0 Å². The Kier molecular flexibility index (Phi) is 4.75. The topological polar surface area (TPSA) is 127 Å². The van der Waals surface area contributed by atoms with Gasteiger partial charge in [-0.25, -0.2) is 4.99 Å².